The lowest BCUT2D eigenvalue weighted by Crippen LogP contribution is -2.40. The molecule has 122 valence electrons. The van der Waals surface area contributed by atoms with Gasteiger partial charge in [-0.2, -0.15) is 0 Å². The third-order valence-electron chi connectivity index (χ3n) is 3.13. The van der Waals surface area contributed by atoms with Crippen LogP contribution in [0.15, 0.2) is 35.3 Å². The first kappa shape index (κ1) is 18.0. The van der Waals surface area contributed by atoms with Crippen LogP contribution in [0.1, 0.15) is 18.6 Å². The lowest BCUT2D eigenvalue weighted by molar-refractivity contribution is -0.127. The maximum atomic E-state index is 11.6. The van der Waals surface area contributed by atoms with E-state index in [4.69, 9.17) is 4.74 Å². The summed E-state index contributed by atoms with van der Waals surface area (Å²) >= 11 is 0. The van der Waals surface area contributed by atoms with E-state index in [0.29, 0.717) is 12.5 Å². The van der Waals surface area contributed by atoms with E-state index in [1.807, 2.05) is 37.3 Å². The van der Waals surface area contributed by atoms with Crippen molar-refractivity contribution in [2.75, 3.05) is 40.8 Å². The molecule has 0 aromatic heterocycles. The summed E-state index contributed by atoms with van der Waals surface area (Å²) in [6.45, 7) is 3.40. The lowest BCUT2D eigenvalue weighted by atomic mass is 10.1. The van der Waals surface area contributed by atoms with E-state index in [0.717, 1.165) is 12.1 Å². The number of hydrogen-bond acceptors (Lipinski definition) is 3. The van der Waals surface area contributed by atoms with Gasteiger partial charge in [-0.1, -0.05) is 30.3 Å². The molecule has 1 amide bonds. The largest absolute Gasteiger partial charge is 0.375 e. The molecule has 1 aromatic rings. The summed E-state index contributed by atoms with van der Waals surface area (Å²) in [4.78, 5) is 17.4. The van der Waals surface area contributed by atoms with Crippen LogP contribution in [0.3, 0.4) is 0 Å². The summed E-state index contributed by atoms with van der Waals surface area (Å²) in [6.07, 6.45) is -0.0744. The Balaban J connectivity index is 2.62. The number of hydrogen-bond donors (Lipinski definition) is 2. The molecule has 2 N–H and O–H groups in total. The van der Waals surface area contributed by atoms with Crippen molar-refractivity contribution in [2.24, 2.45) is 4.99 Å². The van der Waals surface area contributed by atoms with E-state index in [1.54, 1.807) is 21.2 Å². The number of methoxy groups -OCH3 is 1. The molecule has 0 saturated carbocycles. The number of nitrogens with zero attached hydrogens (tertiary/aromatic N) is 2. The molecule has 0 heterocycles. The summed E-state index contributed by atoms with van der Waals surface area (Å²) in [5.74, 6) is 0.569. The Kier molecular flexibility index (Phi) is 7.99. The van der Waals surface area contributed by atoms with Crippen LogP contribution in [-0.2, 0) is 9.53 Å². The maximum Gasteiger partial charge on any atom is 0.243 e. The number of carbonyl (C=O) groups excluding carboxylic acids is 1. The third-order valence-corrected chi connectivity index (χ3v) is 3.13. The van der Waals surface area contributed by atoms with E-state index in [1.165, 1.54) is 4.90 Å². The molecule has 0 aliphatic rings. The second kappa shape index (κ2) is 9.78. The van der Waals surface area contributed by atoms with Crippen LogP contribution in [-0.4, -0.2) is 57.6 Å². The second-order valence-corrected chi connectivity index (χ2v) is 5.00. The van der Waals surface area contributed by atoms with Crippen LogP contribution >= 0.6 is 0 Å². The van der Waals surface area contributed by atoms with Crippen molar-refractivity contribution in [3.8, 4) is 0 Å². The van der Waals surface area contributed by atoms with Gasteiger partial charge >= 0.3 is 0 Å². The molecule has 0 fully saturated rings. The van der Waals surface area contributed by atoms with Crippen molar-refractivity contribution < 1.29 is 9.53 Å². The summed E-state index contributed by atoms with van der Waals surface area (Å²) in [7, 11) is 5.11. The topological polar surface area (TPSA) is 66.0 Å². The zero-order valence-electron chi connectivity index (χ0n) is 13.8. The van der Waals surface area contributed by atoms with E-state index in [9.17, 15) is 4.79 Å². The number of benzene rings is 1. The highest BCUT2D eigenvalue weighted by atomic mass is 16.5. The average molecular weight is 306 g/mol. The fraction of sp³-hybridized carbons (Fsp3) is 0.500. The van der Waals surface area contributed by atoms with Crippen LogP contribution in [0, 0.1) is 0 Å². The highest BCUT2D eigenvalue weighted by Gasteiger charge is 2.11. The van der Waals surface area contributed by atoms with Crippen molar-refractivity contribution in [3.05, 3.63) is 35.9 Å². The molecular formula is C16H26N4O2. The van der Waals surface area contributed by atoms with E-state index in [-0.39, 0.29) is 18.6 Å². The third kappa shape index (κ3) is 6.13. The fourth-order valence-corrected chi connectivity index (χ4v) is 1.82. The molecule has 0 aliphatic heterocycles. The molecule has 1 atom stereocenters. The molecule has 0 spiro atoms. The van der Waals surface area contributed by atoms with Gasteiger partial charge in [-0.3, -0.25) is 4.79 Å². The molecule has 1 unspecified atom stereocenters. The van der Waals surface area contributed by atoms with Gasteiger partial charge in [0.15, 0.2) is 5.96 Å². The van der Waals surface area contributed by atoms with Gasteiger partial charge in [-0.25, -0.2) is 4.99 Å². The van der Waals surface area contributed by atoms with Gasteiger partial charge in [0.05, 0.1) is 6.10 Å². The number of nitrogens with one attached hydrogen (secondary N) is 2. The highest BCUT2D eigenvalue weighted by molar-refractivity contribution is 5.84. The zero-order valence-corrected chi connectivity index (χ0v) is 13.8. The molecule has 0 aliphatic carbocycles. The van der Waals surface area contributed by atoms with Crippen molar-refractivity contribution in [1.29, 1.82) is 0 Å². The van der Waals surface area contributed by atoms with Crippen LogP contribution in [0.4, 0.5) is 0 Å². The van der Waals surface area contributed by atoms with E-state index in [2.05, 4.69) is 15.6 Å². The number of ether oxygens (including phenoxy) is 1. The Morgan fingerprint density at radius 1 is 1.27 bits per heavy atom. The molecular weight excluding hydrogens is 280 g/mol. The second-order valence-electron chi connectivity index (χ2n) is 5.00. The van der Waals surface area contributed by atoms with Crippen LogP contribution in [0.25, 0.3) is 0 Å². The van der Waals surface area contributed by atoms with E-state index < -0.39 is 0 Å². The van der Waals surface area contributed by atoms with Gasteiger partial charge in [-0.05, 0) is 12.5 Å². The van der Waals surface area contributed by atoms with Crippen molar-refractivity contribution in [1.82, 2.24) is 15.5 Å². The Morgan fingerprint density at radius 3 is 2.50 bits per heavy atom. The first-order valence-electron chi connectivity index (χ1n) is 7.38. The SMILES string of the molecule is CCNC(=NCC(=O)N(C)C)NCC(OC)c1ccccc1. The first-order valence-corrected chi connectivity index (χ1v) is 7.38. The minimum atomic E-state index is -0.0744. The Bertz CT molecular complexity index is 474. The summed E-state index contributed by atoms with van der Waals surface area (Å²) in [6, 6.07) is 9.99. The maximum absolute atomic E-state index is 11.6. The minimum Gasteiger partial charge on any atom is -0.375 e. The number of rotatable bonds is 7. The molecule has 6 heteroatoms. The normalized spacial score (nSPS) is 12.6. The van der Waals surface area contributed by atoms with Crippen LogP contribution < -0.4 is 10.6 Å². The van der Waals surface area contributed by atoms with Crippen molar-refractivity contribution in [3.63, 3.8) is 0 Å². The zero-order chi connectivity index (χ0) is 16.4. The Labute approximate surface area is 132 Å². The standard InChI is InChI=1S/C16H26N4O2/c1-5-17-16(19-12-15(21)20(2)3)18-11-14(22-4)13-9-7-6-8-10-13/h6-10,14H,5,11-12H2,1-4H3,(H2,17,18,19). The number of guanidine groups is 1. The molecule has 1 aromatic carbocycles. The average Bonchev–Trinajstić information content (AvgIpc) is 2.53. The quantitative estimate of drug-likeness (QED) is 0.583. The van der Waals surface area contributed by atoms with Gasteiger partial charge in [0.2, 0.25) is 5.91 Å². The Morgan fingerprint density at radius 2 is 1.95 bits per heavy atom. The Hall–Kier alpha value is -2.08. The molecule has 0 bridgehead atoms. The lowest BCUT2D eigenvalue weighted by Gasteiger charge is -2.18. The van der Waals surface area contributed by atoms with Gasteiger partial charge in [0, 0.05) is 34.3 Å². The van der Waals surface area contributed by atoms with Crippen LogP contribution in [0.5, 0.6) is 0 Å². The molecule has 6 nitrogen and oxygen atoms in total. The predicted octanol–water partition coefficient (Wildman–Crippen LogP) is 1.02. The number of carbonyl (C=O) groups is 1. The number of likely N-dealkylation sites (N-methyl/N-ethyl adjacent to an activating group) is 1. The first-order chi connectivity index (χ1) is 10.6. The molecule has 1 rings (SSSR count). The van der Waals surface area contributed by atoms with E-state index >= 15 is 0 Å². The van der Waals surface area contributed by atoms with Gasteiger partial charge < -0.3 is 20.3 Å². The predicted molar refractivity (Wildman–Crippen MR) is 88.9 cm³/mol. The number of amides is 1. The molecule has 0 saturated heterocycles. The van der Waals surface area contributed by atoms with Gasteiger partial charge in [0.25, 0.3) is 0 Å². The van der Waals surface area contributed by atoms with Crippen molar-refractivity contribution in [2.45, 2.75) is 13.0 Å². The smallest absolute Gasteiger partial charge is 0.243 e. The van der Waals surface area contributed by atoms with Gasteiger partial charge in [-0.15, -0.1) is 0 Å². The number of aliphatic imine (C=N–C) groups is 1. The van der Waals surface area contributed by atoms with Crippen molar-refractivity contribution >= 4 is 11.9 Å². The summed E-state index contributed by atoms with van der Waals surface area (Å²) in [5, 5.41) is 6.33. The fourth-order valence-electron chi connectivity index (χ4n) is 1.82. The monoisotopic (exact) mass is 306 g/mol. The highest BCUT2D eigenvalue weighted by Crippen LogP contribution is 2.14. The molecule has 22 heavy (non-hydrogen) atoms. The minimum absolute atomic E-state index is 0.0384. The summed E-state index contributed by atoms with van der Waals surface area (Å²) < 4.78 is 5.51. The molecule has 0 radical (unpaired) electrons. The van der Waals surface area contributed by atoms with Crippen LogP contribution in [0.2, 0.25) is 0 Å². The summed E-state index contributed by atoms with van der Waals surface area (Å²) in [5.41, 5.74) is 1.10. The van der Waals surface area contributed by atoms with Gasteiger partial charge in [0.1, 0.15) is 6.54 Å².